The van der Waals surface area contributed by atoms with E-state index in [4.69, 9.17) is 14.2 Å². The summed E-state index contributed by atoms with van der Waals surface area (Å²) in [5.74, 6) is 0.740. The summed E-state index contributed by atoms with van der Waals surface area (Å²) >= 11 is 0. The fourth-order valence-electron chi connectivity index (χ4n) is 2.35. The molecule has 0 saturated carbocycles. The zero-order valence-corrected chi connectivity index (χ0v) is 19.5. The van der Waals surface area contributed by atoms with Gasteiger partial charge in [0.1, 0.15) is 5.60 Å². The van der Waals surface area contributed by atoms with Crippen LogP contribution >= 0.6 is 24.0 Å². The van der Waals surface area contributed by atoms with Crippen LogP contribution in [0, 0.1) is 0 Å². The van der Waals surface area contributed by atoms with Crippen molar-refractivity contribution in [1.82, 2.24) is 16.0 Å². The highest BCUT2D eigenvalue weighted by atomic mass is 127. The van der Waals surface area contributed by atoms with Crippen molar-refractivity contribution in [2.24, 2.45) is 4.99 Å². The molecule has 0 atom stereocenters. The molecule has 9 heteroatoms. The molecule has 1 saturated heterocycles. The third-order valence-electron chi connectivity index (χ3n) is 3.52. The predicted molar refractivity (Wildman–Crippen MR) is 118 cm³/mol. The van der Waals surface area contributed by atoms with Gasteiger partial charge in [-0.25, -0.2) is 4.79 Å². The number of aliphatic imine (C=N–C) groups is 1. The molecule has 8 nitrogen and oxygen atoms in total. The van der Waals surface area contributed by atoms with Crippen molar-refractivity contribution in [3.8, 4) is 0 Å². The Labute approximate surface area is 180 Å². The highest BCUT2D eigenvalue weighted by molar-refractivity contribution is 14.0. The van der Waals surface area contributed by atoms with E-state index in [2.05, 4.69) is 20.9 Å². The van der Waals surface area contributed by atoms with E-state index in [9.17, 15) is 4.79 Å². The Morgan fingerprint density at radius 1 is 1.15 bits per heavy atom. The summed E-state index contributed by atoms with van der Waals surface area (Å²) in [5.41, 5.74) is -0.485. The van der Waals surface area contributed by atoms with E-state index < -0.39 is 11.7 Å². The third-order valence-corrected chi connectivity index (χ3v) is 3.52. The minimum absolute atomic E-state index is 0. The second kappa shape index (κ2) is 15.2. The van der Waals surface area contributed by atoms with Gasteiger partial charge in [0.2, 0.25) is 0 Å². The maximum atomic E-state index is 11.6. The molecule has 1 fully saturated rings. The molecule has 0 spiro atoms. The Hall–Kier alpha value is -0.810. The van der Waals surface area contributed by atoms with Gasteiger partial charge >= 0.3 is 6.09 Å². The lowest BCUT2D eigenvalue weighted by Crippen LogP contribution is -2.42. The minimum atomic E-state index is -0.485. The van der Waals surface area contributed by atoms with Gasteiger partial charge < -0.3 is 30.2 Å². The normalized spacial score (nSPS) is 15.6. The highest BCUT2D eigenvalue weighted by Crippen LogP contribution is 2.10. The zero-order chi connectivity index (χ0) is 19.3. The second-order valence-corrected chi connectivity index (χ2v) is 7.15. The number of nitrogens with one attached hydrogen (secondary N) is 3. The SMILES string of the molecule is CCNC(=NCCCOC1CCOCC1)NCCNC(=O)OC(C)(C)C.I. The summed E-state index contributed by atoms with van der Waals surface area (Å²) in [7, 11) is 0. The Morgan fingerprint density at radius 3 is 2.44 bits per heavy atom. The molecule has 1 aliphatic heterocycles. The van der Waals surface area contributed by atoms with Gasteiger partial charge in [-0.2, -0.15) is 0 Å². The van der Waals surface area contributed by atoms with E-state index in [1.165, 1.54) is 0 Å². The monoisotopic (exact) mass is 500 g/mol. The minimum Gasteiger partial charge on any atom is -0.444 e. The number of hydrogen-bond donors (Lipinski definition) is 3. The fraction of sp³-hybridized carbons (Fsp3) is 0.889. The number of hydrogen-bond acceptors (Lipinski definition) is 5. The molecule has 27 heavy (non-hydrogen) atoms. The predicted octanol–water partition coefficient (Wildman–Crippen LogP) is 2.27. The summed E-state index contributed by atoms with van der Waals surface area (Å²) in [4.78, 5) is 16.1. The van der Waals surface area contributed by atoms with Gasteiger partial charge in [0, 0.05) is 46.0 Å². The number of nitrogens with zero attached hydrogens (tertiary/aromatic N) is 1. The molecule has 3 N–H and O–H groups in total. The van der Waals surface area contributed by atoms with E-state index in [0.29, 0.717) is 32.3 Å². The molecule has 0 bridgehead atoms. The number of alkyl carbamates (subject to hydrolysis) is 1. The molecule has 0 radical (unpaired) electrons. The summed E-state index contributed by atoms with van der Waals surface area (Å²) in [6.07, 6.45) is 2.77. The number of guanidine groups is 1. The Balaban J connectivity index is 0.00000676. The molecule has 160 valence electrons. The number of ether oxygens (including phenoxy) is 3. The lowest BCUT2D eigenvalue weighted by Gasteiger charge is -2.22. The Bertz CT molecular complexity index is 424. The van der Waals surface area contributed by atoms with Gasteiger partial charge in [-0.3, -0.25) is 4.99 Å². The van der Waals surface area contributed by atoms with Crippen molar-refractivity contribution in [1.29, 1.82) is 0 Å². The quantitative estimate of drug-likeness (QED) is 0.195. The third kappa shape index (κ3) is 14.9. The van der Waals surface area contributed by atoms with Crippen LogP contribution in [0.2, 0.25) is 0 Å². The number of rotatable bonds is 9. The fourth-order valence-corrected chi connectivity index (χ4v) is 2.35. The smallest absolute Gasteiger partial charge is 0.407 e. The van der Waals surface area contributed by atoms with Crippen molar-refractivity contribution in [2.45, 2.75) is 58.7 Å². The van der Waals surface area contributed by atoms with Crippen molar-refractivity contribution >= 4 is 36.0 Å². The molecule has 0 unspecified atom stereocenters. The largest absolute Gasteiger partial charge is 0.444 e. The molecule has 0 aromatic rings. The van der Waals surface area contributed by atoms with Crippen LogP contribution in [0.5, 0.6) is 0 Å². The topological polar surface area (TPSA) is 93.2 Å². The van der Waals surface area contributed by atoms with Crippen LogP contribution in [0.4, 0.5) is 4.79 Å². The average Bonchev–Trinajstić information content (AvgIpc) is 2.57. The first-order valence-corrected chi connectivity index (χ1v) is 9.59. The Morgan fingerprint density at radius 2 is 1.81 bits per heavy atom. The van der Waals surface area contributed by atoms with Crippen LogP contribution < -0.4 is 16.0 Å². The lowest BCUT2D eigenvalue weighted by atomic mass is 10.1. The van der Waals surface area contributed by atoms with Crippen LogP contribution in [0.3, 0.4) is 0 Å². The van der Waals surface area contributed by atoms with Crippen molar-refractivity contribution in [3.63, 3.8) is 0 Å². The molecular weight excluding hydrogens is 463 g/mol. The van der Waals surface area contributed by atoms with Gasteiger partial charge in [0.25, 0.3) is 0 Å². The summed E-state index contributed by atoms with van der Waals surface area (Å²) in [6.45, 7) is 12.4. The van der Waals surface area contributed by atoms with E-state index in [1.54, 1.807) is 0 Å². The first-order chi connectivity index (χ1) is 12.4. The van der Waals surface area contributed by atoms with E-state index in [-0.39, 0.29) is 24.0 Å². The van der Waals surface area contributed by atoms with Crippen LogP contribution in [0.1, 0.15) is 47.0 Å². The van der Waals surface area contributed by atoms with Gasteiger partial charge in [-0.1, -0.05) is 0 Å². The first-order valence-electron chi connectivity index (χ1n) is 9.59. The van der Waals surface area contributed by atoms with E-state index in [1.807, 2.05) is 27.7 Å². The average molecular weight is 500 g/mol. The maximum absolute atomic E-state index is 11.6. The van der Waals surface area contributed by atoms with Crippen molar-refractivity contribution in [3.05, 3.63) is 0 Å². The lowest BCUT2D eigenvalue weighted by molar-refractivity contribution is -0.0318. The summed E-state index contributed by atoms with van der Waals surface area (Å²) in [6, 6.07) is 0. The van der Waals surface area contributed by atoms with Gasteiger partial charge in [0.05, 0.1) is 6.10 Å². The molecule has 1 aliphatic rings. The molecule has 0 aliphatic carbocycles. The number of carbonyl (C=O) groups excluding carboxylic acids is 1. The number of carbonyl (C=O) groups is 1. The van der Waals surface area contributed by atoms with Gasteiger partial charge in [0.15, 0.2) is 5.96 Å². The molecule has 1 heterocycles. The molecule has 0 aromatic carbocycles. The second-order valence-electron chi connectivity index (χ2n) is 7.15. The first kappa shape index (κ1) is 26.2. The number of amides is 1. The van der Waals surface area contributed by atoms with E-state index >= 15 is 0 Å². The summed E-state index contributed by atoms with van der Waals surface area (Å²) in [5, 5.41) is 9.09. The van der Waals surface area contributed by atoms with Crippen LogP contribution in [0.25, 0.3) is 0 Å². The standard InChI is InChI=1S/C18H36N4O4.HI/c1-5-19-16(21-10-11-22-17(23)26-18(2,3)4)20-9-6-12-25-15-7-13-24-14-8-15;/h15H,5-14H2,1-4H3,(H,22,23)(H2,19,20,21);1H. The highest BCUT2D eigenvalue weighted by Gasteiger charge is 2.15. The molecule has 1 amide bonds. The van der Waals surface area contributed by atoms with Crippen molar-refractivity contribution in [2.75, 3.05) is 46.0 Å². The molecular formula is C18H37IN4O4. The van der Waals surface area contributed by atoms with Crippen LogP contribution in [-0.4, -0.2) is 69.8 Å². The maximum Gasteiger partial charge on any atom is 0.407 e. The molecule has 1 rings (SSSR count). The van der Waals surface area contributed by atoms with Gasteiger partial charge in [-0.05, 0) is 47.0 Å². The number of halogens is 1. The van der Waals surface area contributed by atoms with E-state index in [0.717, 1.165) is 45.0 Å². The Kier molecular flexibility index (Phi) is 14.7. The van der Waals surface area contributed by atoms with Gasteiger partial charge in [-0.15, -0.1) is 24.0 Å². The summed E-state index contributed by atoms with van der Waals surface area (Å²) < 4.78 is 16.3. The van der Waals surface area contributed by atoms with Crippen LogP contribution in [0.15, 0.2) is 4.99 Å². The zero-order valence-electron chi connectivity index (χ0n) is 17.1. The van der Waals surface area contributed by atoms with Crippen molar-refractivity contribution < 1.29 is 19.0 Å². The van der Waals surface area contributed by atoms with Crippen LogP contribution in [-0.2, 0) is 14.2 Å². The molecule has 0 aromatic heterocycles.